The Morgan fingerprint density at radius 1 is 1.33 bits per heavy atom. The molecular weight excluding hydrogens is 234 g/mol. The smallest absolute Gasteiger partial charge is 0.246 e. The fraction of sp³-hybridized carbons (Fsp3) is 0.889. The van der Waals surface area contributed by atoms with Gasteiger partial charge in [-0.2, -0.15) is 11.8 Å². The van der Waals surface area contributed by atoms with Crippen LogP contribution < -0.4 is 4.72 Å². The Kier molecular flexibility index (Phi) is 6.28. The van der Waals surface area contributed by atoms with Crippen LogP contribution >= 0.6 is 11.8 Å². The molecule has 1 N–H and O–H groups in total. The molecule has 0 fully saturated rings. The highest BCUT2D eigenvalue weighted by Gasteiger charge is 2.18. The van der Waals surface area contributed by atoms with Crippen LogP contribution in [0.15, 0.2) is 0 Å². The molecule has 0 saturated heterocycles. The summed E-state index contributed by atoms with van der Waals surface area (Å²) < 4.78 is 24.9. The number of sulfonamides is 1. The quantitative estimate of drug-likeness (QED) is 0.773. The third-order valence-corrected chi connectivity index (χ3v) is 4.15. The number of hydrogen-bond acceptors (Lipinski definition) is 4. The van der Waals surface area contributed by atoms with Crippen LogP contribution in [0, 0.1) is 5.92 Å². The molecule has 0 bridgehead atoms. The molecule has 4 nitrogen and oxygen atoms in total. The average molecular weight is 253 g/mol. The first kappa shape index (κ1) is 14.8. The van der Waals surface area contributed by atoms with Gasteiger partial charge in [0.15, 0.2) is 0 Å². The molecule has 0 aromatic rings. The summed E-state index contributed by atoms with van der Waals surface area (Å²) in [6.07, 6.45) is 2.33. The Morgan fingerprint density at radius 2 is 1.87 bits per heavy atom. The SMILES string of the molecule is CSC(C)C(=O)NS(=O)(=O)CCC(C)C. The van der Waals surface area contributed by atoms with Gasteiger partial charge in [0.25, 0.3) is 0 Å². The maximum absolute atomic E-state index is 11.4. The molecule has 1 atom stereocenters. The van der Waals surface area contributed by atoms with E-state index in [0.29, 0.717) is 12.3 Å². The van der Waals surface area contributed by atoms with Gasteiger partial charge in [0.1, 0.15) is 0 Å². The second kappa shape index (κ2) is 6.37. The van der Waals surface area contributed by atoms with E-state index in [-0.39, 0.29) is 11.0 Å². The van der Waals surface area contributed by atoms with Gasteiger partial charge < -0.3 is 0 Å². The minimum Gasteiger partial charge on any atom is -0.273 e. The summed E-state index contributed by atoms with van der Waals surface area (Å²) in [5.41, 5.74) is 0. The summed E-state index contributed by atoms with van der Waals surface area (Å²) in [5.74, 6) is -0.113. The van der Waals surface area contributed by atoms with E-state index in [1.807, 2.05) is 13.8 Å². The maximum Gasteiger partial charge on any atom is 0.246 e. The second-order valence-corrected chi connectivity index (χ2v) is 6.87. The van der Waals surface area contributed by atoms with Crippen molar-refractivity contribution in [2.24, 2.45) is 5.92 Å². The molecule has 15 heavy (non-hydrogen) atoms. The number of rotatable bonds is 6. The predicted octanol–water partition coefficient (Wildman–Crippen LogP) is 1.23. The first-order valence-corrected chi connectivity index (χ1v) is 7.79. The van der Waals surface area contributed by atoms with Gasteiger partial charge in [-0.15, -0.1) is 0 Å². The lowest BCUT2D eigenvalue weighted by Crippen LogP contribution is -2.37. The van der Waals surface area contributed by atoms with Crippen molar-refractivity contribution in [2.45, 2.75) is 32.4 Å². The zero-order valence-electron chi connectivity index (χ0n) is 9.61. The monoisotopic (exact) mass is 253 g/mol. The highest BCUT2D eigenvalue weighted by atomic mass is 32.2. The standard InChI is InChI=1S/C9H19NO3S2/c1-7(2)5-6-15(12,13)10-9(11)8(3)14-4/h7-8H,5-6H2,1-4H3,(H,10,11). The summed E-state index contributed by atoms with van der Waals surface area (Å²) in [4.78, 5) is 11.3. The molecule has 6 heteroatoms. The fourth-order valence-electron chi connectivity index (χ4n) is 0.785. The lowest BCUT2D eigenvalue weighted by Gasteiger charge is -2.11. The van der Waals surface area contributed by atoms with Gasteiger partial charge in [0.2, 0.25) is 15.9 Å². The predicted molar refractivity (Wildman–Crippen MR) is 64.4 cm³/mol. The van der Waals surface area contributed by atoms with Gasteiger partial charge >= 0.3 is 0 Å². The van der Waals surface area contributed by atoms with E-state index in [1.165, 1.54) is 11.8 Å². The zero-order chi connectivity index (χ0) is 12.1. The highest BCUT2D eigenvalue weighted by molar-refractivity contribution is 8.00. The largest absolute Gasteiger partial charge is 0.273 e. The van der Waals surface area contributed by atoms with Gasteiger partial charge in [0.05, 0.1) is 11.0 Å². The van der Waals surface area contributed by atoms with Crippen molar-refractivity contribution in [1.29, 1.82) is 0 Å². The number of carbonyl (C=O) groups excluding carboxylic acids is 1. The Bertz CT molecular complexity index is 298. The topological polar surface area (TPSA) is 63.2 Å². The summed E-state index contributed by atoms with van der Waals surface area (Å²) in [7, 11) is -3.44. The van der Waals surface area contributed by atoms with Crippen molar-refractivity contribution in [3.05, 3.63) is 0 Å². The summed E-state index contributed by atoms with van der Waals surface area (Å²) >= 11 is 1.32. The van der Waals surface area contributed by atoms with Crippen molar-refractivity contribution < 1.29 is 13.2 Å². The minimum absolute atomic E-state index is 0.0114. The van der Waals surface area contributed by atoms with E-state index in [0.717, 1.165) is 0 Å². The molecule has 1 amide bonds. The van der Waals surface area contributed by atoms with Crippen LogP contribution in [0.5, 0.6) is 0 Å². The first-order chi connectivity index (χ1) is 6.78. The highest BCUT2D eigenvalue weighted by Crippen LogP contribution is 2.06. The van der Waals surface area contributed by atoms with E-state index < -0.39 is 15.9 Å². The molecule has 0 aliphatic heterocycles. The van der Waals surface area contributed by atoms with E-state index in [1.54, 1.807) is 13.2 Å². The Balaban J connectivity index is 4.20. The molecule has 0 aliphatic carbocycles. The van der Waals surface area contributed by atoms with Crippen LogP contribution in [0.25, 0.3) is 0 Å². The second-order valence-electron chi connectivity index (χ2n) is 3.85. The molecule has 0 heterocycles. The van der Waals surface area contributed by atoms with E-state index in [4.69, 9.17) is 0 Å². The number of carbonyl (C=O) groups is 1. The maximum atomic E-state index is 11.4. The zero-order valence-corrected chi connectivity index (χ0v) is 11.2. The summed E-state index contributed by atoms with van der Waals surface area (Å²) in [6, 6.07) is 0. The number of thioether (sulfide) groups is 1. The Morgan fingerprint density at radius 3 is 2.27 bits per heavy atom. The molecule has 0 aliphatic rings. The van der Waals surface area contributed by atoms with Gasteiger partial charge in [-0.3, -0.25) is 9.52 Å². The number of hydrogen-bond donors (Lipinski definition) is 1. The third kappa shape index (κ3) is 6.78. The van der Waals surface area contributed by atoms with Crippen LogP contribution in [0.3, 0.4) is 0 Å². The van der Waals surface area contributed by atoms with E-state index in [9.17, 15) is 13.2 Å². The third-order valence-electron chi connectivity index (χ3n) is 1.94. The summed E-state index contributed by atoms with van der Waals surface area (Å²) in [6.45, 7) is 5.57. The van der Waals surface area contributed by atoms with Crippen LogP contribution in [0.4, 0.5) is 0 Å². The number of nitrogens with one attached hydrogen (secondary N) is 1. The minimum atomic E-state index is -3.44. The number of amides is 1. The Labute approximate surface area is 96.3 Å². The molecule has 90 valence electrons. The van der Waals surface area contributed by atoms with Crippen LogP contribution in [-0.2, 0) is 14.8 Å². The van der Waals surface area contributed by atoms with Crippen molar-refractivity contribution >= 4 is 27.7 Å². The molecule has 0 aromatic heterocycles. The van der Waals surface area contributed by atoms with Crippen molar-refractivity contribution in [1.82, 2.24) is 4.72 Å². The molecule has 1 unspecified atom stereocenters. The molecular formula is C9H19NO3S2. The van der Waals surface area contributed by atoms with Gasteiger partial charge in [-0.05, 0) is 25.5 Å². The first-order valence-electron chi connectivity index (χ1n) is 4.85. The average Bonchev–Trinajstić information content (AvgIpc) is 2.13. The van der Waals surface area contributed by atoms with E-state index >= 15 is 0 Å². The van der Waals surface area contributed by atoms with E-state index in [2.05, 4.69) is 4.72 Å². The molecule has 0 rings (SSSR count). The van der Waals surface area contributed by atoms with Crippen molar-refractivity contribution in [2.75, 3.05) is 12.0 Å². The molecule has 0 aromatic carbocycles. The molecule has 0 radical (unpaired) electrons. The molecule has 0 saturated carbocycles. The van der Waals surface area contributed by atoms with Gasteiger partial charge in [-0.25, -0.2) is 8.42 Å². The normalized spacial score (nSPS) is 13.9. The van der Waals surface area contributed by atoms with Crippen LogP contribution in [-0.4, -0.2) is 31.6 Å². The van der Waals surface area contributed by atoms with Crippen molar-refractivity contribution in [3.8, 4) is 0 Å². The summed E-state index contributed by atoms with van der Waals surface area (Å²) in [5, 5.41) is -0.334. The van der Waals surface area contributed by atoms with Gasteiger partial charge in [-0.1, -0.05) is 13.8 Å². The van der Waals surface area contributed by atoms with Crippen LogP contribution in [0.2, 0.25) is 0 Å². The Hall–Kier alpha value is -0.230. The lowest BCUT2D eigenvalue weighted by molar-refractivity contribution is -0.118. The van der Waals surface area contributed by atoms with Gasteiger partial charge in [0, 0.05) is 0 Å². The lowest BCUT2D eigenvalue weighted by atomic mass is 10.2. The van der Waals surface area contributed by atoms with Crippen LogP contribution in [0.1, 0.15) is 27.2 Å². The van der Waals surface area contributed by atoms with Crippen molar-refractivity contribution in [3.63, 3.8) is 0 Å². The fourth-order valence-corrected chi connectivity index (χ4v) is 2.50. The molecule has 0 spiro atoms.